The number of hydrogen-bond donors (Lipinski definition) is 3. The summed E-state index contributed by atoms with van der Waals surface area (Å²) in [5.41, 5.74) is 15.8. The molecular formula is C11H26N5O3P. The molecule has 0 aromatic rings. The molecule has 0 spiro atoms. The molecule has 0 amide bonds. The maximum Gasteiger partial charge on any atom is 0.336 e. The maximum atomic E-state index is 12.7. The first-order valence-corrected chi connectivity index (χ1v) is 7.84. The summed E-state index contributed by atoms with van der Waals surface area (Å²) in [6, 6.07) is 0. The Bertz CT molecular complexity index is 367. The minimum atomic E-state index is -3.28. The molecule has 0 aliphatic carbocycles. The molecule has 0 fully saturated rings. The van der Waals surface area contributed by atoms with Crippen LogP contribution in [0.2, 0.25) is 0 Å². The van der Waals surface area contributed by atoms with Crippen molar-refractivity contribution in [3.63, 3.8) is 0 Å². The van der Waals surface area contributed by atoms with Crippen LogP contribution in [0.15, 0.2) is 9.98 Å². The molecule has 0 aromatic carbocycles. The second kappa shape index (κ2) is 8.24. The Labute approximate surface area is 120 Å². The molecular weight excluding hydrogens is 281 g/mol. The van der Waals surface area contributed by atoms with Crippen LogP contribution in [0, 0.1) is 0 Å². The Morgan fingerprint density at radius 3 is 1.85 bits per heavy atom. The monoisotopic (exact) mass is 307 g/mol. The van der Waals surface area contributed by atoms with E-state index in [0.717, 1.165) is 0 Å². The van der Waals surface area contributed by atoms with Gasteiger partial charge >= 0.3 is 7.60 Å². The van der Waals surface area contributed by atoms with E-state index in [9.17, 15) is 4.57 Å². The van der Waals surface area contributed by atoms with Crippen molar-refractivity contribution in [3.05, 3.63) is 0 Å². The largest absolute Gasteiger partial charge is 0.388 e. The van der Waals surface area contributed by atoms with Crippen LogP contribution in [0.4, 0.5) is 0 Å². The number of guanidine groups is 1. The molecule has 1 unspecified atom stereocenters. The predicted molar refractivity (Wildman–Crippen MR) is 82.1 cm³/mol. The molecule has 0 bridgehead atoms. The van der Waals surface area contributed by atoms with Gasteiger partial charge in [0.15, 0.2) is 5.96 Å². The van der Waals surface area contributed by atoms with Crippen molar-refractivity contribution in [2.24, 2.45) is 27.2 Å². The van der Waals surface area contributed by atoms with E-state index in [-0.39, 0.29) is 25.7 Å². The Morgan fingerprint density at radius 2 is 1.50 bits per heavy atom. The molecule has 20 heavy (non-hydrogen) atoms. The van der Waals surface area contributed by atoms with Gasteiger partial charge in [0.2, 0.25) is 0 Å². The summed E-state index contributed by atoms with van der Waals surface area (Å²) in [6.07, 6.45) is 0. The molecule has 1 atom stereocenters. The summed E-state index contributed by atoms with van der Waals surface area (Å²) in [7, 11) is -3.28. The normalized spacial score (nSPS) is 15.7. The van der Waals surface area contributed by atoms with Gasteiger partial charge in [0.05, 0.1) is 37.3 Å². The van der Waals surface area contributed by atoms with Crippen molar-refractivity contribution < 1.29 is 13.6 Å². The van der Waals surface area contributed by atoms with Crippen LogP contribution in [0.3, 0.4) is 0 Å². The fourth-order valence-electron chi connectivity index (χ4n) is 1.14. The first-order valence-electron chi connectivity index (χ1n) is 6.29. The molecule has 0 rings (SSSR count). The van der Waals surface area contributed by atoms with Gasteiger partial charge < -0.3 is 26.2 Å². The molecule has 0 aromatic heterocycles. The highest BCUT2D eigenvalue weighted by atomic mass is 31.2. The standard InChI is InChI=1S/C11H26N5O3P/c1-9(12)15-5-7-18-20(17,11(2,3)4)19-8-6-16-10(13)14/h5-8H2,1-4H3,(H2,12,15)(H4,13,14,16). The highest BCUT2D eigenvalue weighted by molar-refractivity contribution is 7.55. The van der Waals surface area contributed by atoms with Gasteiger partial charge in [0.25, 0.3) is 0 Å². The number of amidine groups is 1. The third-order valence-electron chi connectivity index (χ3n) is 2.18. The van der Waals surface area contributed by atoms with Crippen LogP contribution in [-0.2, 0) is 13.6 Å². The fourth-order valence-corrected chi connectivity index (χ4v) is 2.64. The SMILES string of the molecule is CC(N)=NCCOP(=O)(OCCN=C(N)N)C(C)(C)C. The lowest BCUT2D eigenvalue weighted by Crippen LogP contribution is -2.24. The maximum absolute atomic E-state index is 12.7. The van der Waals surface area contributed by atoms with E-state index in [1.54, 1.807) is 27.7 Å². The highest BCUT2D eigenvalue weighted by Crippen LogP contribution is 2.59. The van der Waals surface area contributed by atoms with E-state index >= 15 is 0 Å². The smallest absolute Gasteiger partial charge is 0.336 e. The molecule has 0 saturated heterocycles. The summed E-state index contributed by atoms with van der Waals surface area (Å²) in [5, 5.41) is -0.646. The minimum Gasteiger partial charge on any atom is -0.388 e. The molecule has 0 aliphatic heterocycles. The number of rotatable bonds is 8. The molecule has 0 radical (unpaired) electrons. The van der Waals surface area contributed by atoms with Crippen LogP contribution >= 0.6 is 7.60 Å². The van der Waals surface area contributed by atoms with Crippen molar-refractivity contribution in [3.8, 4) is 0 Å². The summed E-state index contributed by atoms with van der Waals surface area (Å²) >= 11 is 0. The molecule has 0 saturated carbocycles. The van der Waals surface area contributed by atoms with Gasteiger partial charge in [-0.15, -0.1) is 0 Å². The molecule has 9 heteroatoms. The highest BCUT2D eigenvalue weighted by Gasteiger charge is 2.39. The van der Waals surface area contributed by atoms with Crippen LogP contribution < -0.4 is 17.2 Å². The molecule has 0 heterocycles. The van der Waals surface area contributed by atoms with Crippen molar-refractivity contribution in [1.82, 2.24) is 0 Å². The van der Waals surface area contributed by atoms with E-state index in [1.165, 1.54) is 0 Å². The van der Waals surface area contributed by atoms with Crippen LogP contribution in [-0.4, -0.2) is 43.3 Å². The third-order valence-corrected chi connectivity index (χ3v) is 4.87. The zero-order valence-corrected chi connectivity index (χ0v) is 13.5. The zero-order chi connectivity index (χ0) is 15.8. The zero-order valence-electron chi connectivity index (χ0n) is 12.6. The molecule has 8 nitrogen and oxygen atoms in total. The van der Waals surface area contributed by atoms with Crippen LogP contribution in [0.25, 0.3) is 0 Å². The fraction of sp³-hybridized carbons (Fsp3) is 0.818. The Balaban J connectivity index is 4.49. The van der Waals surface area contributed by atoms with Crippen molar-refractivity contribution >= 4 is 19.4 Å². The molecule has 0 aliphatic rings. The summed E-state index contributed by atoms with van der Waals surface area (Å²) < 4.78 is 23.5. The van der Waals surface area contributed by atoms with Crippen LogP contribution in [0.1, 0.15) is 27.7 Å². The topological polar surface area (TPSA) is 138 Å². The van der Waals surface area contributed by atoms with Gasteiger partial charge in [-0.05, 0) is 27.7 Å². The third kappa shape index (κ3) is 7.47. The van der Waals surface area contributed by atoms with E-state index in [0.29, 0.717) is 12.4 Å². The average molecular weight is 307 g/mol. The molecule has 6 N–H and O–H groups in total. The lowest BCUT2D eigenvalue weighted by Gasteiger charge is -2.29. The average Bonchev–Trinajstić information content (AvgIpc) is 2.28. The second-order valence-electron chi connectivity index (χ2n) is 5.16. The van der Waals surface area contributed by atoms with Gasteiger partial charge in [0, 0.05) is 0 Å². The van der Waals surface area contributed by atoms with Gasteiger partial charge in [-0.3, -0.25) is 14.5 Å². The Hall–Kier alpha value is -1.11. The lowest BCUT2D eigenvalue weighted by atomic mass is 10.3. The summed E-state index contributed by atoms with van der Waals surface area (Å²) in [4.78, 5) is 7.73. The van der Waals surface area contributed by atoms with Crippen molar-refractivity contribution in [2.45, 2.75) is 32.9 Å². The van der Waals surface area contributed by atoms with Gasteiger partial charge in [0.1, 0.15) is 0 Å². The number of hydrogen-bond acceptors (Lipinski definition) is 5. The minimum absolute atomic E-state index is 0.0344. The van der Waals surface area contributed by atoms with Crippen molar-refractivity contribution in [2.75, 3.05) is 26.3 Å². The predicted octanol–water partition coefficient (Wildman–Crippen LogP) is 0.662. The second-order valence-corrected chi connectivity index (χ2v) is 8.02. The van der Waals surface area contributed by atoms with E-state index in [2.05, 4.69) is 9.98 Å². The summed E-state index contributed by atoms with van der Waals surface area (Å²) in [6.45, 7) is 7.88. The van der Waals surface area contributed by atoms with Gasteiger partial charge in [-0.25, -0.2) is 0 Å². The number of nitrogens with two attached hydrogens (primary N) is 3. The number of nitrogens with zero attached hydrogens (tertiary/aromatic N) is 2. The van der Waals surface area contributed by atoms with Gasteiger partial charge in [-0.1, -0.05) is 0 Å². The van der Waals surface area contributed by atoms with E-state index in [4.69, 9.17) is 26.2 Å². The van der Waals surface area contributed by atoms with Gasteiger partial charge in [-0.2, -0.15) is 0 Å². The molecule has 118 valence electrons. The number of aliphatic imine (C=N–C) groups is 2. The quantitative estimate of drug-likeness (QED) is 0.260. The lowest BCUT2D eigenvalue weighted by molar-refractivity contribution is 0.196. The Kier molecular flexibility index (Phi) is 7.78. The van der Waals surface area contributed by atoms with E-state index < -0.39 is 12.8 Å². The Morgan fingerprint density at radius 1 is 1.05 bits per heavy atom. The van der Waals surface area contributed by atoms with Crippen LogP contribution in [0.5, 0.6) is 0 Å². The first-order chi connectivity index (χ1) is 9.08. The summed E-state index contributed by atoms with van der Waals surface area (Å²) in [5.74, 6) is 0.417. The first kappa shape index (κ1) is 18.9. The van der Waals surface area contributed by atoms with Crippen molar-refractivity contribution in [1.29, 1.82) is 0 Å². The van der Waals surface area contributed by atoms with E-state index in [1.807, 2.05) is 0 Å².